The smallest absolute Gasteiger partial charge is 0.123 e. The van der Waals surface area contributed by atoms with Crippen LogP contribution in [0.2, 0.25) is 0 Å². The quantitative estimate of drug-likeness (QED) is 0.842. The van der Waals surface area contributed by atoms with Gasteiger partial charge in [0.05, 0.1) is 0 Å². The largest absolute Gasteiger partial charge is 0.508 e. The summed E-state index contributed by atoms with van der Waals surface area (Å²) >= 11 is 0. The van der Waals surface area contributed by atoms with E-state index in [4.69, 9.17) is 0 Å². The number of rotatable bonds is 4. The van der Waals surface area contributed by atoms with Gasteiger partial charge in [0, 0.05) is 11.6 Å². The van der Waals surface area contributed by atoms with Crippen molar-refractivity contribution in [3.05, 3.63) is 29.6 Å². The molecule has 2 unspecified atom stereocenters. The summed E-state index contributed by atoms with van der Waals surface area (Å²) in [5, 5.41) is 13.0. The molecule has 2 nitrogen and oxygen atoms in total. The fraction of sp³-hybridized carbons (Fsp3) is 0.571. The second-order valence-electron chi connectivity index (χ2n) is 5.72. The normalized spacial score (nSPS) is 23.4. The highest BCUT2D eigenvalue weighted by Gasteiger charge is 2.44. The second-order valence-corrected chi connectivity index (χ2v) is 5.72. The van der Waals surface area contributed by atoms with Gasteiger partial charge in [0.15, 0.2) is 0 Å². The highest BCUT2D eigenvalue weighted by molar-refractivity contribution is 5.34. The molecule has 0 radical (unpaired) electrons. The van der Waals surface area contributed by atoms with Crippen LogP contribution in [0.5, 0.6) is 5.75 Å². The van der Waals surface area contributed by atoms with E-state index in [9.17, 15) is 9.50 Å². The van der Waals surface area contributed by atoms with Crippen molar-refractivity contribution in [1.82, 2.24) is 5.32 Å². The molecule has 0 spiro atoms. The number of halogens is 1. The minimum Gasteiger partial charge on any atom is -0.508 e. The summed E-state index contributed by atoms with van der Waals surface area (Å²) in [6, 6.07) is 4.05. The molecule has 0 aliphatic heterocycles. The summed E-state index contributed by atoms with van der Waals surface area (Å²) in [4.78, 5) is 0. The van der Waals surface area contributed by atoms with Gasteiger partial charge in [0.2, 0.25) is 0 Å². The lowest BCUT2D eigenvalue weighted by Gasteiger charge is -2.16. The molecule has 1 saturated carbocycles. The SMILES string of the molecule is CC(NCC1CC1(C)C)c1cc(F)ccc1O. The van der Waals surface area contributed by atoms with Gasteiger partial charge in [-0.2, -0.15) is 0 Å². The van der Waals surface area contributed by atoms with Gasteiger partial charge in [-0.3, -0.25) is 0 Å². The minimum atomic E-state index is -0.307. The van der Waals surface area contributed by atoms with Crippen molar-refractivity contribution in [3.8, 4) is 5.75 Å². The third-order valence-electron chi connectivity index (χ3n) is 3.84. The lowest BCUT2D eigenvalue weighted by Crippen LogP contribution is -2.22. The van der Waals surface area contributed by atoms with Gasteiger partial charge in [-0.25, -0.2) is 4.39 Å². The van der Waals surface area contributed by atoms with Crippen molar-refractivity contribution in [2.45, 2.75) is 33.2 Å². The zero-order valence-electron chi connectivity index (χ0n) is 10.6. The average molecular weight is 237 g/mol. The van der Waals surface area contributed by atoms with E-state index in [-0.39, 0.29) is 17.6 Å². The first-order valence-corrected chi connectivity index (χ1v) is 6.12. The highest BCUT2D eigenvalue weighted by atomic mass is 19.1. The Bertz CT molecular complexity index is 417. The maximum absolute atomic E-state index is 13.1. The number of benzene rings is 1. The summed E-state index contributed by atoms with van der Waals surface area (Å²) in [7, 11) is 0. The number of aromatic hydroxyl groups is 1. The van der Waals surface area contributed by atoms with Crippen LogP contribution in [0.15, 0.2) is 18.2 Å². The first-order chi connectivity index (χ1) is 7.90. The molecule has 1 fully saturated rings. The summed E-state index contributed by atoms with van der Waals surface area (Å²) < 4.78 is 13.1. The Morgan fingerprint density at radius 3 is 2.76 bits per heavy atom. The minimum absolute atomic E-state index is 0.0258. The van der Waals surface area contributed by atoms with Crippen LogP contribution in [0.25, 0.3) is 0 Å². The van der Waals surface area contributed by atoms with E-state index >= 15 is 0 Å². The van der Waals surface area contributed by atoms with E-state index in [0.717, 1.165) is 6.54 Å². The molecule has 3 heteroatoms. The maximum Gasteiger partial charge on any atom is 0.123 e. The van der Waals surface area contributed by atoms with Crippen LogP contribution >= 0.6 is 0 Å². The molecule has 2 atom stereocenters. The van der Waals surface area contributed by atoms with E-state index in [0.29, 0.717) is 16.9 Å². The molecule has 94 valence electrons. The van der Waals surface area contributed by atoms with Crippen LogP contribution < -0.4 is 5.32 Å². The van der Waals surface area contributed by atoms with Gasteiger partial charge >= 0.3 is 0 Å². The van der Waals surface area contributed by atoms with E-state index in [1.165, 1.54) is 24.6 Å². The van der Waals surface area contributed by atoms with E-state index < -0.39 is 0 Å². The zero-order valence-corrected chi connectivity index (χ0v) is 10.6. The standard InChI is InChI=1S/C14H20FNO/c1-9(16-8-10-7-14(10,2)3)12-6-11(15)4-5-13(12)17/h4-6,9-10,16-17H,7-8H2,1-3H3. The van der Waals surface area contributed by atoms with Crippen molar-refractivity contribution in [2.75, 3.05) is 6.54 Å². The lowest BCUT2D eigenvalue weighted by molar-refractivity contribution is 0.439. The van der Waals surface area contributed by atoms with Crippen molar-refractivity contribution in [1.29, 1.82) is 0 Å². The Labute approximate surface area is 102 Å². The predicted molar refractivity (Wildman–Crippen MR) is 66.4 cm³/mol. The van der Waals surface area contributed by atoms with Crippen LogP contribution in [-0.2, 0) is 0 Å². The van der Waals surface area contributed by atoms with Gasteiger partial charge in [-0.15, -0.1) is 0 Å². The van der Waals surface area contributed by atoms with Crippen LogP contribution in [0, 0.1) is 17.2 Å². The lowest BCUT2D eigenvalue weighted by atomic mass is 10.1. The summed E-state index contributed by atoms with van der Waals surface area (Å²) in [6.07, 6.45) is 1.24. The summed E-state index contributed by atoms with van der Waals surface area (Å²) in [5.41, 5.74) is 1.07. The molecular formula is C14H20FNO. The molecule has 1 aromatic rings. The van der Waals surface area contributed by atoms with E-state index in [1.54, 1.807) is 0 Å². The number of nitrogens with one attached hydrogen (secondary N) is 1. The molecule has 1 aliphatic rings. The average Bonchev–Trinajstić information content (AvgIpc) is 2.87. The van der Waals surface area contributed by atoms with Crippen LogP contribution in [-0.4, -0.2) is 11.7 Å². The molecule has 0 bridgehead atoms. The van der Waals surface area contributed by atoms with Crippen molar-refractivity contribution < 1.29 is 9.50 Å². The molecule has 0 amide bonds. The van der Waals surface area contributed by atoms with Gasteiger partial charge in [0.25, 0.3) is 0 Å². The predicted octanol–water partition coefficient (Wildman–Crippen LogP) is 3.23. The number of phenolic OH excluding ortho intramolecular Hbond substituents is 1. The molecule has 1 aliphatic carbocycles. The zero-order chi connectivity index (χ0) is 12.6. The van der Waals surface area contributed by atoms with Crippen LogP contribution in [0.4, 0.5) is 4.39 Å². The Morgan fingerprint density at radius 2 is 2.18 bits per heavy atom. The maximum atomic E-state index is 13.1. The van der Waals surface area contributed by atoms with Gasteiger partial charge < -0.3 is 10.4 Å². The Hall–Kier alpha value is -1.09. The third kappa shape index (κ3) is 2.78. The number of phenols is 1. The summed E-state index contributed by atoms with van der Waals surface area (Å²) in [6.45, 7) is 7.38. The molecule has 0 heterocycles. The number of hydrogen-bond acceptors (Lipinski definition) is 2. The molecule has 2 N–H and O–H groups in total. The molecular weight excluding hydrogens is 217 g/mol. The molecule has 2 rings (SSSR count). The van der Waals surface area contributed by atoms with E-state index in [1.807, 2.05) is 6.92 Å². The van der Waals surface area contributed by atoms with Gasteiger partial charge in [-0.1, -0.05) is 13.8 Å². The monoisotopic (exact) mass is 237 g/mol. The molecule has 17 heavy (non-hydrogen) atoms. The van der Waals surface area contributed by atoms with E-state index in [2.05, 4.69) is 19.2 Å². The fourth-order valence-corrected chi connectivity index (χ4v) is 2.23. The topological polar surface area (TPSA) is 32.3 Å². The Morgan fingerprint density at radius 1 is 1.53 bits per heavy atom. The van der Waals surface area contributed by atoms with Crippen LogP contribution in [0.1, 0.15) is 38.8 Å². The first kappa shape index (κ1) is 12.4. The Kier molecular flexibility index (Phi) is 3.13. The van der Waals surface area contributed by atoms with Gasteiger partial charge in [0.1, 0.15) is 11.6 Å². The highest BCUT2D eigenvalue weighted by Crippen LogP contribution is 2.51. The van der Waals surface area contributed by atoms with Gasteiger partial charge in [-0.05, 0) is 49.4 Å². The van der Waals surface area contributed by atoms with Crippen molar-refractivity contribution in [3.63, 3.8) is 0 Å². The third-order valence-corrected chi connectivity index (χ3v) is 3.84. The molecule has 0 aromatic heterocycles. The van der Waals surface area contributed by atoms with Crippen molar-refractivity contribution in [2.24, 2.45) is 11.3 Å². The summed E-state index contributed by atoms with van der Waals surface area (Å²) in [5.74, 6) is 0.542. The fourth-order valence-electron chi connectivity index (χ4n) is 2.23. The number of hydrogen-bond donors (Lipinski definition) is 2. The van der Waals surface area contributed by atoms with Crippen LogP contribution in [0.3, 0.4) is 0 Å². The second kappa shape index (κ2) is 4.30. The first-order valence-electron chi connectivity index (χ1n) is 6.12. The Balaban J connectivity index is 1.95. The molecule has 1 aromatic carbocycles. The van der Waals surface area contributed by atoms with Crippen molar-refractivity contribution >= 4 is 0 Å². The molecule has 0 saturated heterocycles.